The summed E-state index contributed by atoms with van der Waals surface area (Å²) in [6.45, 7) is 8.77. The zero-order chi connectivity index (χ0) is 23.7. The van der Waals surface area contributed by atoms with E-state index in [2.05, 4.69) is 17.4 Å². The molecule has 5 rings (SSSR count). The number of hydrazone groups is 1. The SMILES string of the molecule is C=CN(/N=C(\C)c1ccccc1)c1nc(N2CCOCC2)c2nc(C3CB(C#N)C3)n(C)c2n1. The molecule has 0 unspecified atom stereocenters. The van der Waals surface area contributed by atoms with Crippen LogP contribution in [0.25, 0.3) is 11.2 Å². The Balaban J connectivity index is 1.59. The molecule has 0 spiro atoms. The molecule has 0 saturated carbocycles. The minimum atomic E-state index is 0.108. The number of nitrogens with zero attached hydrogens (tertiary/aromatic N) is 8. The Labute approximate surface area is 199 Å². The third-order valence-electron chi connectivity index (χ3n) is 6.55. The van der Waals surface area contributed by atoms with Crippen molar-refractivity contribution in [1.29, 1.82) is 5.26 Å². The summed E-state index contributed by atoms with van der Waals surface area (Å²) in [6.07, 6.45) is 3.29. The van der Waals surface area contributed by atoms with E-state index in [1.54, 1.807) is 11.2 Å². The van der Waals surface area contributed by atoms with Crippen molar-refractivity contribution < 1.29 is 4.74 Å². The highest BCUT2D eigenvalue weighted by molar-refractivity contribution is 6.70. The molecule has 0 aliphatic carbocycles. The van der Waals surface area contributed by atoms with Gasteiger partial charge in [-0.3, -0.25) is 0 Å². The summed E-state index contributed by atoms with van der Waals surface area (Å²) in [5, 5.41) is 15.6. The monoisotopic (exact) mass is 454 g/mol. The summed E-state index contributed by atoms with van der Waals surface area (Å²) in [6, 6.07) is 9.99. The number of anilines is 2. The number of morpholine rings is 1. The van der Waals surface area contributed by atoms with Crippen LogP contribution in [0.15, 0.2) is 48.2 Å². The summed E-state index contributed by atoms with van der Waals surface area (Å²) in [7, 11) is 1.99. The first-order valence-corrected chi connectivity index (χ1v) is 11.6. The van der Waals surface area contributed by atoms with Crippen LogP contribution in [0.5, 0.6) is 0 Å². The number of ether oxygens (including phenoxy) is 1. The van der Waals surface area contributed by atoms with Gasteiger partial charge < -0.3 is 14.2 Å². The van der Waals surface area contributed by atoms with Crippen LogP contribution < -0.4 is 9.91 Å². The minimum absolute atomic E-state index is 0.108. The molecular weight excluding hydrogens is 427 g/mol. The van der Waals surface area contributed by atoms with Gasteiger partial charge in [-0.05, 0) is 12.5 Å². The molecule has 1 aromatic carbocycles. The molecule has 0 N–H and O–H groups in total. The van der Waals surface area contributed by atoms with Gasteiger partial charge in [0.05, 0.1) is 18.9 Å². The number of nitriles is 1. The molecular formula is C24H27BN8O. The van der Waals surface area contributed by atoms with Crippen molar-refractivity contribution in [3.8, 4) is 5.97 Å². The molecule has 0 bridgehead atoms. The highest BCUT2D eigenvalue weighted by Gasteiger charge is 2.37. The van der Waals surface area contributed by atoms with Crippen molar-refractivity contribution in [2.45, 2.75) is 25.5 Å². The Morgan fingerprint density at radius 1 is 1.24 bits per heavy atom. The van der Waals surface area contributed by atoms with Crippen LogP contribution in [0.4, 0.5) is 11.8 Å². The average Bonchev–Trinajstić information content (AvgIpc) is 3.18. The number of aromatic nitrogens is 4. The second-order valence-corrected chi connectivity index (χ2v) is 8.72. The minimum Gasteiger partial charge on any atom is -0.378 e. The first-order chi connectivity index (χ1) is 16.6. The third-order valence-corrected chi connectivity index (χ3v) is 6.55. The predicted molar refractivity (Wildman–Crippen MR) is 134 cm³/mol. The van der Waals surface area contributed by atoms with Gasteiger partial charge in [0.2, 0.25) is 0 Å². The number of imidazole rings is 1. The zero-order valence-corrected chi connectivity index (χ0v) is 19.6. The first kappa shape index (κ1) is 22.1. The van der Waals surface area contributed by atoms with Gasteiger partial charge in [0.15, 0.2) is 17.0 Å². The van der Waals surface area contributed by atoms with Gasteiger partial charge >= 0.3 is 0 Å². The first-order valence-electron chi connectivity index (χ1n) is 11.6. The summed E-state index contributed by atoms with van der Waals surface area (Å²) >= 11 is 0. The second-order valence-electron chi connectivity index (χ2n) is 8.72. The van der Waals surface area contributed by atoms with E-state index in [4.69, 9.17) is 24.8 Å². The van der Waals surface area contributed by atoms with E-state index < -0.39 is 0 Å². The fraction of sp³-hybridized carbons (Fsp3) is 0.375. The van der Waals surface area contributed by atoms with Crippen LogP contribution in [0.1, 0.15) is 24.2 Å². The van der Waals surface area contributed by atoms with E-state index in [1.807, 2.05) is 48.9 Å². The van der Waals surface area contributed by atoms with Crippen molar-refractivity contribution in [1.82, 2.24) is 19.5 Å². The van der Waals surface area contributed by atoms with Gasteiger partial charge in [-0.25, -0.2) is 15.3 Å². The Morgan fingerprint density at radius 3 is 2.65 bits per heavy atom. The molecule has 2 aromatic heterocycles. The van der Waals surface area contributed by atoms with Crippen LogP contribution in [0.3, 0.4) is 0 Å². The summed E-state index contributed by atoms with van der Waals surface area (Å²) in [4.78, 5) is 16.9. The lowest BCUT2D eigenvalue weighted by Gasteiger charge is -2.28. The van der Waals surface area contributed by atoms with Gasteiger partial charge in [-0.15, -0.1) is 0 Å². The number of benzene rings is 1. The standard InChI is InChI=1S/C24H27BN8O/c1-4-33(30-17(2)18-8-6-5-7-9-18)24-28-22-20(23(29-24)32-10-12-34-13-11-32)27-21(31(22)3)19-14-25(15-19)16-26/h4-9,19H,1,10-15H2,2-3H3/b30-17+. The lowest BCUT2D eigenvalue weighted by Crippen LogP contribution is -2.37. The quantitative estimate of drug-likeness (QED) is 0.321. The predicted octanol–water partition coefficient (Wildman–Crippen LogP) is 3.23. The van der Waals surface area contributed by atoms with Crippen LogP contribution in [0.2, 0.25) is 12.6 Å². The smallest absolute Gasteiger partial charge is 0.269 e. The maximum atomic E-state index is 9.21. The van der Waals surface area contributed by atoms with E-state index in [9.17, 15) is 5.26 Å². The molecule has 9 nitrogen and oxygen atoms in total. The lowest BCUT2D eigenvalue weighted by molar-refractivity contribution is 0.122. The van der Waals surface area contributed by atoms with Crippen LogP contribution in [-0.2, 0) is 11.8 Å². The maximum Gasteiger partial charge on any atom is 0.269 e. The van der Waals surface area contributed by atoms with E-state index >= 15 is 0 Å². The van der Waals surface area contributed by atoms with E-state index in [0.717, 1.165) is 59.8 Å². The van der Waals surface area contributed by atoms with Crippen LogP contribution in [-0.4, -0.2) is 58.2 Å². The lowest BCUT2D eigenvalue weighted by atomic mass is 9.32. The summed E-state index contributed by atoms with van der Waals surface area (Å²) < 4.78 is 7.60. The van der Waals surface area contributed by atoms with Gasteiger partial charge in [0.25, 0.3) is 12.7 Å². The fourth-order valence-corrected chi connectivity index (χ4v) is 4.52. The largest absolute Gasteiger partial charge is 0.378 e. The van der Waals surface area contributed by atoms with Crippen molar-refractivity contribution in [2.24, 2.45) is 12.1 Å². The second kappa shape index (κ2) is 9.27. The highest BCUT2D eigenvalue weighted by atomic mass is 16.5. The molecule has 3 aromatic rings. The van der Waals surface area contributed by atoms with E-state index in [-0.39, 0.29) is 12.6 Å². The molecule has 2 aliphatic rings. The van der Waals surface area contributed by atoms with Crippen molar-refractivity contribution in [3.63, 3.8) is 0 Å². The topological polar surface area (TPSA) is 95.5 Å². The van der Waals surface area contributed by atoms with Gasteiger partial charge in [0, 0.05) is 38.2 Å². The van der Waals surface area contributed by atoms with Crippen molar-refractivity contribution in [2.75, 3.05) is 36.2 Å². The molecule has 2 fully saturated rings. The molecule has 0 amide bonds. The van der Waals surface area contributed by atoms with E-state index in [1.165, 1.54) is 0 Å². The number of aryl methyl sites for hydroxylation is 1. The zero-order valence-electron chi connectivity index (χ0n) is 19.6. The molecule has 172 valence electrons. The fourth-order valence-electron chi connectivity index (χ4n) is 4.52. The van der Waals surface area contributed by atoms with Crippen molar-refractivity contribution >= 4 is 35.4 Å². The normalized spacial score (nSPS) is 16.9. The molecule has 0 radical (unpaired) electrons. The van der Waals surface area contributed by atoms with Crippen LogP contribution in [0, 0.1) is 11.2 Å². The molecule has 2 aliphatic heterocycles. The molecule has 34 heavy (non-hydrogen) atoms. The molecule has 10 heteroatoms. The average molecular weight is 454 g/mol. The Morgan fingerprint density at radius 2 is 1.97 bits per heavy atom. The molecule has 2 saturated heterocycles. The Kier molecular flexibility index (Phi) is 6.03. The highest BCUT2D eigenvalue weighted by Crippen LogP contribution is 2.39. The Hall–Kier alpha value is -3.71. The van der Waals surface area contributed by atoms with Gasteiger partial charge in [-0.2, -0.15) is 15.1 Å². The number of hydrogen-bond donors (Lipinski definition) is 0. The number of hydrogen-bond acceptors (Lipinski definition) is 8. The number of fused-ring (bicyclic) bond motifs is 1. The number of rotatable bonds is 6. The van der Waals surface area contributed by atoms with Gasteiger partial charge in [-0.1, -0.05) is 49.6 Å². The third kappa shape index (κ3) is 4.03. The van der Waals surface area contributed by atoms with Crippen LogP contribution >= 0.6 is 0 Å². The molecule has 0 atom stereocenters. The van der Waals surface area contributed by atoms with E-state index in [0.29, 0.717) is 19.2 Å². The summed E-state index contributed by atoms with van der Waals surface area (Å²) in [5.74, 6) is 4.80. The Bertz CT molecular complexity index is 1270. The summed E-state index contributed by atoms with van der Waals surface area (Å²) in [5.41, 5.74) is 3.38. The molecule has 4 heterocycles. The maximum absolute atomic E-state index is 9.21. The van der Waals surface area contributed by atoms with Crippen molar-refractivity contribution in [3.05, 3.63) is 54.5 Å². The van der Waals surface area contributed by atoms with Gasteiger partial charge in [0.1, 0.15) is 5.82 Å².